The summed E-state index contributed by atoms with van der Waals surface area (Å²) in [5.74, 6) is 1.92. The monoisotopic (exact) mass is 367 g/mol. The van der Waals surface area contributed by atoms with Gasteiger partial charge in [-0.15, -0.1) is 0 Å². The normalized spacial score (nSPS) is 21.6. The average molecular weight is 367 g/mol. The molecule has 1 amide bonds. The highest BCUT2D eigenvalue weighted by Gasteiger charge is 2.25. The smallest absolute Gasteiger partial charge is 0.222 e. The van der Waals surface area contributed by atoms with Gasteiger partial charge in [0.15, 0.2) is 0 Å². The molecule has 0 saturated carbocycles. The largest absolute Gasteiger partial charge is 0.356 e. The predicted molar refractivity (Wildman–Crippen MR) is 108 cm³/mol. The summed E-state index contributed by atoms with van der Waals surface area (Å²) in [4.78, 5) is 28.2. The van der Waals surface area contributed by atoms with Crippen LogP contribution < -0.4 is 4.90 Å². The molecular weight excluding hydrogens is 338 g/mol. The first-order valence-corrected chi connectivity index (χ1v) is 10.1. The van der Waals surface area contributed by atoms with Gasteiger partial charge in [-0.05, 0) is 44.4 Å². The second-order valence-electron chi connectivity index (χ2n) is 7.89. The number of para-hydroxylation sites is 1. The molecule has 144 valence electrons. The fourth-order valence-corrected chi connectivity index (χ4v) is 4.28. The molecule has 2 aliphatic rings. The van der Waals surface area contributed by atoms with Gasteiger partial charge in [0, 0.05) is 51.1 Å². The van der Waals surface area contributed by atoms with Crippen LogP contribution in [0.1, 0.15) is 25.7 Å². The van der Waals surface area contributed by atoms with Crippen LogP contribution in [0.25, 0.3) is 10.9 Å². The van der Waals surface area contributed by atoms with Crippen molar-refractivity contribution in [1.29, 1.82) is 0 Å². The van der Waals surface area contributed by atoms with Crippen LogP contribution in [0.15, 0.2) is 30.6 Å². The Morgan fingerprint density at radius 3 is 2.78 bits per heavy atom. The first-order valence-electron chi connectivity index (χ1n) is 10.1. The molecule has 1 aromatic heterocycles. The Hall–Kier alpha value is -2.21. The van der Waals surface area contributed by atoms with Crippen molar-refractivity contribution in [2.24, 2.45) is 5.92 Å². The lowest BCUT2D eigenvalue weighted by atomic mass is 9.93. The number of hydrogen-bond acceptors (Lipinski definition) is 5. The Morgan fingerprint density at radius 2 is 1.93 bits per heavy atom. The zero-order valence-corrected chi connectivity index (χ0v) is 16.2. The molecule has 2 saturated heterocycles. The van der Waals surface area contributed by atoms with Crippen LogP contribution in [0.4, 0.5) is 5.82 Å². The molecule has 1 atom stereocenters. The lowest BCUT2D eigenvalue weighted by molar-refractivity contribution is -0.133. The number of hydrogen-bond donors (Lipinski definition) is 0. The van der Waals surface area contributed by atoms with Crippen molar-refractivity contribution in [1.82, 2.24) is 19.8 Å². The van der Waals surface area contributed by atoms with E-state index in [-0.39, 0.29) is 0 Å². The van der Waals surface area contributed by atoms with E-state index in [1.165, 1.54) is 6.42 Å². The quantitative estimate of drug-likeness (QED) is 0.831. The van der Waals surface area contributed by atoms with Crippen molar-refractivity contribution in [3.63, 3.8) is 0 Å². The predicted octanol–water partition coefficient (Wildman–Crippen LogP) is 2.40. The van der Waals surface area contributed by atoms with Gasteiger partial charge in [0.25, 0.3) is 0 Å². The molecule has 2 aliphatic heterocycles. The molecule has 0 radical (unpaired) electrons. The van der Waals surface area contributed by atoms with Crippen LogP contribution >= 0.6 is 0 Å². The Labute approximate surface area is 161 Å². The number of carbonyl (C=O) groups excluding carboxylic acids is 1. The highest BCUT2D eigenvalue weighted by Crippen LogP contribution is 2.29. The van der Waals surface area contributed by atoms with Gasteiger partial charge in [0.2, 0.25) is 5.91 Å². The maximum Gasteiger partial charge on any atom is 0.222 e. The zero-order valence-electron chi connectivity index (χ0n) is 16.2. The maximum atomic E-state index is 12.5. The number of carbonyl (C=O) groups is 1. The van der Waals surface area contributed by atoms with Crippen LogP contribution in [0.3, 0.4) is 0 Å². The molecule has 3 heterocycles. The summed E-state index contributed by atoms with van der Waals surface area (Å²) >= 11 is 0. The molecule has 6 nitrogen and oxygen atoms in total. The second-order valence-corrected chi connectivity index (χ2v) is 7.89. The lowest BCUT2D eigenvalue weighted by Gasteiger charge is -2.35. The van der Waals surface area contributed by atoms with E-state index in [9.17, 15) is 4.79 Å². The van der Waals surface area contributed by atoms with Crippen LogP contribution in [0.5, 0.6) is 0 Å². The Morgan fingerprint density at radius 1 is 1.11 bits per heavy atom. The number of likely N-dealkylation sites (N-methyl/N-ethyl adjacent to an activating group) is 1. The van der Waals surface area contributed by atoms with Crippen molar-refractivity contribution in [2.45, 2.75) is 25.7 Å². The van der Waals surface area contributed by atoms with Crippen LogP contribution in [-0.2, 0) is 4.79 Å². The molecule has 2 aromatic rings. The topological polar surface area (TPSA) is 52.6 Å². The highest BCUT2D eigenvalue weighted by atomic mass is 16.2. The minimum Gasteiger partial charge on any atom is -0.356 e. The van der Waals surface area contributed by atoms with Crippen molar-refractivity contribution in [2.75, 3.05) is 51.2 Å². The van der Waals surface area contributed by atoms with E-state index in [0.29, 0.717) is 18.2 Å². The summed E-state index contributed by atoms with van der Waals surface area (Å²) < 4.78 is 0. The number of piperidine rings is 1. The number of piperazine rings is 1. The van der Waals surface area contributed by atoms with Gasteiger partial charge in [-0.25, -0.2) is 9.97 Å². The summed E-state index contributed by atoms with van der Waals surface area (Å²) in [6, 6.07) is 8.20. The van der Waals surface area contributed by atoms with E-state index in [2.05, 4.69) is 32.9 Å². The molecule has 1 aromatic carbocycles. The van der Waals surface area contributed by atoms with Crippen LogP contribution in [0.2, 0.25) is 0 Å². The highest BCUT2D eigenvalue weighted by molar-refractivity contribution is 5.89. The van der Waals surface area contributed by atoms with Gasteiger partial charge in [0.05, 0.1) is 5.52 Å². The third-order valence-electron chi connectivity index (χ3n) is 5.96. The van der Waals surface area contributed by atoms with Crippen LogP contribution in [0, 0.1) is 5.92 Å². The lowest BCUT2D eigenvalue weighted by Crippen LogP contribution is -2.47. The summed E-state index contributed by atoms with van der Waals surface area (Å²) in [6.45, 7) is 5.74. The summed E-state index contributed by atoms with van der Waals surface area (Å²) in [6.07, 6.45) is 5.68. The van der Waals surface area contributed by atoms with Gasteiger partial charge >= 0.3 is 0 Å². The fraction of sp³-hybridized carbons (Fsp3) is 0.571. The Bertz CT molecular complexity index is 782. The van der Waals surface area contributed by atoms with Crippen molar-refractivity contribution in [3.8, 4) is 0 Å². The second kappa shape index (κ2) is 8.21. The molecular formula is C21H29N5O. The zero-order chi connectivity index (χ0) is 18.6. The third-order valence-corrected chi connectivity index (χ3v) is 5.96. The van der Waals surface area contributed by atoms with E-state index >= 15 is 0 Å². The third kappa shape index (κ3) is 4.21. The van der Waals surface area contributed by atoms with Gasteiger partial charge < -0.3 is 14.7 Å². The number of benzene rings is 1. The molecule has 0 bridgehead atoms. The number of amides is 1. The fourth-order valence-electron chi connectivity index (χ4n) is 4.28. The van der Waals surface area contributed by atoms with E-state index in [4.69, 9.17) is 0 Å². The number of nitrogens with zero attached hydrogens (tertiary/aromatic N) is 5. The van der Waals surface area contributed by atoms with Crippen LogP contribution in [-0.4, -0.2) is 72.0 Å². The molecule has 0 aliphatic carbocycles. The Balaban J connectivity index is 1.36. The SMILES string of the molecule is CN1CCN(C(=O)CCC2CCCN(c3ncnc4ccccc34)C2)CC1. The maximum absolute atomic E-state index is 12.5. The first-order chi connectivity index (χ1) is 13.2. The molecule has 2 fully saturated rings. The number of anilines is 1. The van der Waals surface area contributed by atoms with Crippen molar-refractivity contribution in [3.05, 3.63) is 30.6 Å². The molecule has 6 heteroatoms. The summed E-state index contributed by atoms with van der Waals surface area (Å²) in [7, 11) is 2.12. The van der Waals surface area contributed by atoms with E-state index < -0.39 is 0 Å². The summed E-state index contributed by atoms with van der Waals surface area (Å²) in [5, 5.41) is 1.12. The molecule has 1 unspecified atom stereocenters. The van der Waals surface area contributed by atoms with Gasteiger partial charge in [0.1, 0.15) is 12.1 Å². The molecule has 4 rings (SSSR count). The van der Waals surface area contributed by atoms with Gasteiger partial charge in [-0.3, -0.25) is 4.79 Å². The van der Waals surface area contributed by atoms with Gasteiger partial charge in [-0.2, -0.15) is 0 Å². The standard InChI is InChI=1S/C21H29N5O/c1-24-11-13-25(14-12-24)20(27)9-8-17-5-4-10-26(15-17)21-18-6-2-3-7-19(18)22-16-23-21/h2-3,6-7,16-17H,4-5,8-15H2,1H3. The average Bonchev–Trinajstić information content (AvgIpc) is 2.72. The summed E-state index contributed by atoms with van der Waals surface area (Å²) in [5.41, 5.74) is 0.995. The molecule has 27 heavy (non-hydrogen) atoms. The van der Waals surface area contributed by atoms with Crippen molar-refractivity contribution >= 4 is 22.6 Å². The molecule has 0 N–H and O–H groups in total. The minimum absolute atomic E-state index is 0.327. The van der Waals surface area contributed by atoms with E-state index in [0.717, 1.165) is 68.8 Å². The van der Waals surface area contributed by atoms with Crippen molar-refractivity contribution < 1.29 is 4.79 Å². The van der Waals surface area contributed by atoms with E-state index in [1.54, 1.807) is 6.33 Å². The van der Waals surface area contributed by atoms with E-state index in [1.807, 2.05) is 23.1 Å². The molecule has 0 spiro atoms. The number of aromatic nitrogens is 2. The minimum atomic E-state index is 0.327. The Kier molecular flexibility index (Phi) is 5.53. The number of rotatable bonds is 4. The van der Waals surface area contributed by atoms with Gasteiger partial charge in [-0.1, -0.05) is 12.1 Å². The number of fused-ring (bicyclic) bond motifs is 1. The first kappa shape index (κ1) is 18.2.